The topological polar surface area (TPSA) is 21.3 Å². The third kappa shape index (κ3) is 7.80. The van der Waals surface area contributed by atoms with Crippen molar-refractivity contribution in [1.29, 1.82) is 0 Å². The Labute approximate surface area is 95.8 Å². The van der Waals surface area contributed by atoms with E-state index in [1.54, 1.807) is 7.11 Å². The Morgan fingerprint density at radius 1 is 1.27 bits per heavy atom. The van der Waals surface area contributed by atoms with Gasteiger partial charge in [0.25, 0.3) is 0 Å². The van der Waals surface area contributed by atoms with Gasteiger partial charge in [-0.15, -0.1) is 0 Å². The SMILES string of the molecule is CCCC(C)(CCCOC)CNC(C)C. The van der Waals surface area contributed by atoms with Gasteiger partial charge in [-0.1, -0.05) is 34.1 Å². The molecule has 0 bridgehead atoms. The molecule has 0 saturated carbocycles. The zero-order chi connectivity index (χ0) is 11.7. The Balaban J connectivity index is 3.94. The maximum absolute atomic E-state index is 5.12. The van der Waals surface area contributed by atoms with Crippen LogP contribution < -0.4 is 5.32 Å². The van der Waals surface area contributed by atoms with Crippen molar-refractivity contribution in [2.45, 2.75) is 59.4 Å². The van der Waals surface area contributed by atoms with E-state index >= 15 is 0 Å². The minimum atomic E-state index is 0.442. The fourth-order valence-corrected chi connectivity index (χ4v) is 2.00. The largest absolute Gasteiger partial charge is 0.385 e. The summed E-state index contributed by atoms with van der Waals surface area (Å²) in [4.78, 5) is 0. The Morgan fingerprint density at radius 3 is 2.40 bits per heavy atom. The van der Waals surface area contributed by atoms with Crippen molar-refractivity contribution >= 4 is 0 Å². The number of rotatable bonds is 9. The van der Waals surface area contributed by atoms with Crippen molar-refractivity contribution in [2.24, 2.45) is 5.41 Å². The molecule has 0 spiro atoms. The molecule has 0 saturated heterocycles. The first kappa shape index (κ1) is 14.9. The molecule has 0 aromatic rings. The maximum atomic E-state index is 5.12. The minimum Gasteiger partial charge on any atom is -0.385 e. The van der Waals surface area contributed by atoms with E-state index in [0.717, 1.165) is 13.2 Å². The van der Waals surface area contributed by atoms with E-state index in [1.807, 2.05) is 0 Å². The van der Waals surface area contributed by atoms with Crippen molar-refractivity contribution in [3.63, 3.8) is 0 Å². The molecular formula is C13H29NO. The van der Waals surface area contributed by atoms with Crippen LogP contribution in [-0.4, -0.2) is 26.3 Å². The third-order valence-corrected chi connectivity index (χ3v) is 2.92. The molecule has 0 heterocycles. The maximum Gasteiger partial charge on any atom is 0.0462 e. The number of hydrogen-bond donors (Lipinski definition) is 1. The zero-order valence-corrected chi connectivity index (χ0v) is 11.2. The van der Waals surface area contributed by atoms with E-state index in [9.17, 15) is 0 Å². The van der Waals surface area contributed by atoms with Crippen molar-refractivity contribution < 1.29 is 4.74 Å². The fourth-order valence-electron chi connectivity index (χ4n) is 2.00. The van der Waals surface area contributed by atoms with E-state index in [-0.39, 0.29) is 0 Å². The van der Waals surface area contributed by atoms with Crippen LogP contribution >= 0.6 is 0 Å². The molecule has 92 valence electrons. The molecule has 0 amide bonds. The molecule has 1 atom stereocenters. The van der Waals surface area contributed by atoms with Gasteiger partial charge in [-0.2, -0.15) is 0 Å². The first-order chi connectivity index (χ1) is 7.04. The Hall–Kier alpha value is -0.0800. The highest BCUT2D eigenvalue weighted by Crippen LogP contribution is 2.28. The Kier molecular flexibility index (Phi) is 8.07. The van der Waals surface area contributed by atoms with Gasteiger partial charge in [-0.3, -0.25) is 0 Å². The molecule has 0 rings (SSSR count). The average Bonchev–Trinajstić information content (AvgIpc) is 2.16. The normalized spacial score (nSPS) is 15.6. The number of hydrogen-bond acceptors (Lipinski definition) is 2. The number of methoxy groups -OCH3 is 1. The summed E-state index contributed by atoms with van der Waals surface area (Å²) in [5.41, 5.74) is 0.442. The minimum absolute atomic E-state index is 0.442. The van der Waals surface area contributed by atoms with Crippen molar-refractivity contribution in [1.82, 2.24) is 5.32 Å². The van der Waals surface area contributed by atoms with Gasteiger partial charge in [-0.05, 0) is 24.7 Å². The van der Waals surface area contributed by atoms with Crippen LogP contribution in [-0.2, 0) is 4.74 Å². The van der Waals surface area contributed by atoms with E-state index in [1.165, 1.54) is 25.7 Å². The molecule has 0 fully saturated rings. The zero-order valence-electron chi connectivity index (χ0n) is 11.2. The highest BCUT2D eigenvalue weighted by Gasteiger charge is 2.22. The average molecular weight is 215 g/mol. The van der Waals surface area contributed by atoms with Gasteiger partial charge in [-0.25, -0.2) is 0 Å². The lowest BCUT2D eigenvalue weighted by atomic mass is 9.81. The first-order valence-electron chi connectivity index (χ1n) is 6.26. The van der Waals surface area contributed by atoms with Crippen LogP contribution in [0.5, 0.6) is 0 Å². The summed E-state index contributed by atoms with van der Waals surface area (Å²) < 4.78 is 5.12. The number of ether oxygens (including phenoxy) is 1. The van der Waals surface area contributed by atoms with Gasteiger partial charge in [0.15, 0.2) is 0 Å². The van der Waals surface area contributed by atoms with E-state index in [4.69, 9.17) is 4.74 Å². The van der Waals surface area contributed by atoms with Crippen molar-refractivity contribution in [3.05, 3.63) is 0 Å². The molecule has 0 aromatic heterocycles. The van der Waals surface area contributed by atoms with Crippen molar-refractivity contribution in [3.8, 4) is 0 Å². The molecule has 1 N–H and O–H groups in total. The summed E-state index contributed by atoms with van der Waals surface area (Å²) in [6.45, 7) is 11.1. The standard InChI is InChI=1S/C13H29NO/c1-6-8-13(4,9-7-10-15-5)11-14-12(2)3/h12,14H,6-11H2,1-5H3. The molecule has 0 radical (unpaired) electrons. The predicted molar refractivity (Wildman–Crippen MR) is 67.3 cm³/mol. The molecule has 0 aromatic carbocycles. The van der Waals surface area contributed by atoms with Gasteiger partial charge in [0.2, 0.25) is 0 Å². The molecule has 15 heavy (non-hydrogen) atoms. The van der Waals surface area contributed by atoms with Crippen molar-refractivity contribution in [2.75, 3.05) is 20.3 Å². The van der Waals surface area contributed by atoms with E-state index in [2.05, 4.69) is 33.0 Å². The first-order valence-corrected chi connectivity index (χ1v) is 6.26. The van der Waals surface area contributed by atoms with Gasteiger partial charge in [0.1, 0.15) is 0 Å². The molecule has 0 aliphatic rings. The van der Waals surface area contributed by atoms with Gasteiger partial charge >= 0.3 is 0 Å². The van der Waals surface area contributed by atoms with E-state index in [0.29, 0.717) is 11.5 Å². The number of nitrogens with one attached hydrogen (secondary N) is 1. The van der Waals surface area contributed by atoms with Crippen LogP contribution in [0.2, 0.25) is 0 Å². The predicted octanol–water partition coefficient (Wildman–Crippen LogP) is 3.22. The van der Waals surface area contributed by atoms with Crippen LogP contribution in [0.4, 0.5) is 0 Å². The second kappa shape index (κ2) is 8.12. The summed E-state index contributed by atoms with van der Waals surface area (Å²) in [7, 11) is 1.78. The molecule has 1 unspecified atom stereocenters. The van der Waals surface area contributed by atoms with Crippen LogP contribution in [0.15, 0.2) is 0 Å². The highest BCUT2D eigenvalue weighted by atomic mass is 16.5. The smallest absolute Gasteiger partial charge is 0.0462 e. The molecule has 0 aliphatic carbocycles. The highest BCUT2D eigenvalue weighted by molar-refractivity contribution is 4.77. The van der Waals surface area contributed by atoms with Gasteiger partial charge < -0.3 is 10.1 Å². The third-order valence-electron chi connectivity index (χ3n) is 2.92. The van der Waals surface area contributed by atoms with E-state index < -0.39 is 0 Å². The van der Waals surface area contributed by atoms with Crippen LogP contribution in [0, 0.1) is 5.41 Å². The lowest BCUT2D eigenvalue weighted by Crippen LogP contribution is -2.35. The van der Waals surface area contributed by atoms with Gasteiger partial charge in [0.05, 0.1) is 0 Å². The van der Waals surface area contributed by atoms with Gasteiger partial charge in [0, 0.05) is 26.3 Å². The molecule has 0 aliphatic heterocycles. The second-order valence-corrected chi connectivity index (χ2v) is 5.19. The van der Waals surface area contributed by atoms with Crippen LogP contribution in [0.1, 0.15) is 53.4 Å². The summed E-state index contributed by atoms with van der Waals surface area (Å²) >= 11 is 0. The Morgan fingerprint density at radius 2 is 1.93 bits per heavy atom. The molecule has 2 heteroatoms. The quantitative estimate of drug-likeness (QED) is 0.596. The monoisotopic (exact) mass is 215 g/mol. The summed E-state index contributed by atoms with van der Waals surface area (Å²) in [6, 6.07) is 0.587. The summed E-state index contributed by atoms with van der Waals surface area (Å²) in [5.74, 6) is 0. The molecule has 2 nitrogen and oxygen atoms in total. The fraction of sp³-hybridized carbons (Fsp3) is 1.00. The van der Waals surface area contributed by atoms with Crippen LogP contribution in [0.3, 0.4) is 0 Å². The summed E-state index contributed by atoms with van der Waals surface area (Å²) in [6.07, 6.45) is 5.00. The second-order valence-electron chi connectivity index (χ2n) is 5.19. The van der Waals surface area contributed by atoms with Crippen LogP contribution in [0.25, 0.3) is 0 Å². The lowest BCUT2D eigenvalue weighted by molar-refractivity contribution is 0.163. The lowest BCUT2D eigenvalue weighted by Gasteiger charge is -2.30. The summed E-state index contributed by atoms with van der Waals surface area (Å²) in [5, 5.41) is 3.56. The Bertz CT molecular complexity index is 147. The molecular weight excluding hydrogens is 186 g/mol.